The van der Waals surface area contributed by atoms with Crippen LogP contribution in [0.4, 0.5) is 0 Å². The molecule has 0 aromatic rings. The fourth-order valence-electron chi connectivity index (χ4n) is 5.57. The summed E-state index contributed by atoms with van der Waals surface area (Å²) >= 11 is 0. The third-order valence-corrected chi connectivity index (χ3v) is 8.30. The topological polar surface area (TPSA) is 42.5 Å². The minimum Gasteiger partial charge on any atom is -0.369 e. The Morgan fingerprint density at radius 1 is 0.424 bits per heavy atom. The third kappa shape index (κ3) is 9.78. The average molecular weight is 471 g/mol. The van der Waals surface area contributed by atoms with Crippen molar-refractivity contribution in [1.29, 1.82) is 0 Å². The predicted molar refractivity (Wildman–Crippen MR) is 146 cm³/mol. The maximum absolute atomic E-state index is 6.95. The molecule has 0 radical (unpaired) electrons. The highest BCUT2D eigenvalue weighted by Crippen LogP contribution is 2.48. The number of hydrogen-bond acceptors (Lipinski definition) is 4. The van der Waals surface area contributed by atoms with E-state index in [-0.39, 0.29) is 44.3 Å². The fraction of sp³-hybridized carbons (Fsp3) is 1.00. The standard InChI is InChI=1S/C29H62N2O2/c1-22(2,19-24(5,6)30-17)28(13,14)32-26(9,10)20-23(3,4)29(15,16)33-27(11,12)21-25(7,8)31-18/h30-31H,19-21H2,1-18H3. The summed E-state index contributed by atoms with van der Waals surface area (Å²) in [4.78, 5) is 0. The molecule has 0 unspecified atom stereocenters. The Kier molecular flexibility index (Phi) is 10.0. The monoisotopic (exact) mass is 470 g/mol. The summed E-state index contributed by atoms with van der Waals surface area (Å²) in [5.74, 6) is 0. The van der Waals surface area contributed by atoms with E-state index in [1.54, 1.807) is 0 Å². The van der Waals surface area contributed by atoms with Gasteiger partial charge in [0.2, 0.25) is 0 Å². The highest BCUT2D eigenvalue weighted by molar-refractivity contribution is 4.99. The Bertz CT molecular complexity index is 626. The first-order chi connectivity index (χ1) is 14.2. The molecule has 0 atom stereocenters. The highest BCUT2D eigenvalue weighted by Gasteiger charge is 2.49. The second kappa shape index (κ2) is 10.1. The smallest absolute Gasteiger partial charge is 0.0685 e. The molecule has 0 bridgehead atoms. The molecule has 200 valence electrons. The van der Waals surface area contributed by atoms with Crippen LogP contribution in [0.15, 0.2) is 0 Å². The lowest BCUT2D eigenvalue weighted by atomic mass is 9.68. The van der Waals surface area contributed by atoms with E-state index in [2.05, 4.69) is 121 Å². The molecular weight excluding hydrogens is 408 g/mol. The molecule has 0 rings (SSSR count). The molecule has 0 aliphatic heterocycles. The van der Waals surface area contributed by atoms with E-state index in [1.165, 1.54) is 0 Å². The van der Waals surface area contributed by atoms with Gasteiger partial charge in [-0.3, -0.25) is 0 Å². The molecular formula is C29H62N2O2. The molecule has 0 aliphatic rings. The van der Waals surface area contributed by atoms with E-state index in [9.17, 15) is 0 Å². The molecule has 0 aromatic carbocycles. The van der Waals surface area contributed by atoms with Gasteiger partial charge in [0.05, 0.1) is 22.4 Å². The van der Waals surface area contributed by atoms with Crippen molar-refractivity contribution >= 4 is 0 Å². The van der Waals surface area contributed by atoms with Gasteiger partial charge in [0.15, 0.2) is 0 Å². The third-order valence-electron chi connectivity index (χ3n) is 8.30. The number of hydrogen-bond donors (Lipinski definition) is 2. The van der Waals surface area contributed by atoms with Gasteiger partial charge in [-0.15, -0.1) is 0 Å². The zero-order valence-corrected chi connectivity index (χ0v) is 25.9. The lowest BCUT2D eigenvalue weighted by Gasteiger charge is -2.53. The van der Waals surface area contributed by atoms with Crippen molar-refractivity contribution in [1.82, 2.24) is 10.6 Å². The molecule has 4 nitrogen and oxygen atoms in total. The van der Waals surface area contributed by atoms with Crippen molar-refractivity contribution in [3.05, 3.63) is 0 Å². The molecule has 33 heavy (non-hydrogen) atoms. The minimum atomic E-state index is -0.325. The Hall–Kier alpha value is -0.160. The molecule has 0 amide bonds. The summed E-state index contributed by atoms with van der Waals surface area (Å²) < 4.78 is 13.8. The van der Waals surface area contributed by atoms with Gasteiger partial charge in [-0.25, -0.2) is 0 Å². The van der Waals surface area contributed by atoms with E-state index in [4.69, 9.17) is 9.47 Å². The van der Waals surface area contributed by atoms with Crippen LogP contribution in [0.2, 0.25) is 0 Å². The summed E-state index contributed by atoms with van der Waals surface area (Å²) in [6.07, 6.45) is 2.85. The highest BCUT2D eigenvalue weighted by atomic mass is 16.5. The molecule has 0 heterocycles. The van der Waals surface area contributed by atoms with Gasteiger partial charge in [-0.05, 0) is 127 Å². The van der Waals surface area contributed by atoms with Gasteiger partial charge in [0.1, 0.15) is 0 Å². The molecule has 0 saturated heterocycles. The molecule has 2 N–H and O–H groups in total. The summed E-state index contributed by atoms with van der Waals surface area (Å²) in [6, 6.07) is 0. The van der Waals surface area contributed by atoms with Crippen molar-refractivity contribution in [3.8, 4) is 0 Å². The molecule has 0 aliphatic carbocycles. The van der Waals surface area contributed by atoms with Crippen LogP contribution in [-0.2, 0) is 9.47 Å². The number of rotatable bonds is 14. The second-order valence-corrected chi connectivity index (χ2v) is 15.3. The summed E-state index contributed by atoms with van der Waals surface area (Å²) in [7, 11) is 4.06. The second-order valence-electron chi connectivity index (χ2n) is 15.3. The molecule has 0 spiro atoms. The van der Waals surface area contributed by atoms with Crippen molar-refractivity contribution < 1.29 is 9.47 Å². The quantitative estimate of drug-likeness (QED) is 0.278. The van der Waals surface area contributed by atoms with E-state index < -0.39 is 0 Å². The molecule has 4 heteroatoms. The van der Waals surface area contributed by atoms with Crippen LogP contribution in [0.25, 0.3) is 0 Å². The first kappa shape index (κ1) is 32.8. The van der Waals surface area contributed by atoms with Gasteiger partial charge in [0, 0.05) is 11.1 Å². The Morgan fingerprint density at radius 3 is 1.03 bits per heavy atom. The molecule has 0 saturated carbocycles. The Labute approximate surface area is 208 Å². The average Bonchev–Trinajstić information content (AvgIpc) is 2.49. The van der Waals surface area contributed by atoms with Gasteiger partial charge >= 0.3 is 0 Å². The van der Waals surface area contributed by atoms with E-state index in [1.807, 2.05) is 14.1 Å². The maximum Gasteiger partial charge on any atom is 0.0685 e. The first-order valence-electron chi connectivity index (χ1n) is 12.9. The van der Waals surface area contributed by atoms with Crippen LogP contribution in [0.1, 0.15) is 130 Å². The Balaban J connectivity index is 5.63. The van der Waals surface area contributed by atoms with Gasteiger partial charge in [0.25, 0.3) is 0 Å². The SMILES string of the molecule is CNC(C)(C)CC(C)(C)OC(C)(C)C(C)(C)CC(C)(C)OC(C)(C)C(C)(C)CC(C)(C)NC. The van der Waals surface area contributed by atoms with E-state index in [0.29, 0.717) is 0 Å². The number of nitrogens with one attached hydrogen (secondary N) is 2. The van der Waals surface area contributed by atoms with Crippen LogP contribution >= 0.6 is 0 Å². The van der Waals surface area contributed by atoms with Gasteiger partial charge in [-0.1, -0.05) is 27.7 Å². The fourth-order valence-corrected chi connectivity index (χ4v) is 5.57. The van der Waals surface area contributed by atoms with E-state index >= 15 is 0 Å². The zero-order valence-electron chi connectivity index (χ0n) is 25.9. The summed E-state index contributed by atoms with van der Waals surface area (Å²) in [5, 5.41) is 6.87. The summed E-state index contributed by atoms with van der Waals surface area (Å²) in [6.45, 7) is 36.1. The largest absolute Gasteiger partial charge is 0.369 e. The van der Waals surface area contributed by atoms with Gasteiger partial charge < -0.3 is 20.1 Å². The lowest BCUT2D eigenvalue weighted by molar-refractivity contribution is -0.222. The Morgan fingerprint density at radius 2 is 0.697 bits per heavy atom. The van der Waals surface area contributed by atoms with Gasteiger partial charge in [-0.2, -0.15) is 0 Å². The lowest BCUT2D eigenvalue weighted by Crippen LogP contribution is -2.55. The first-order valence-corrected chi connectivity index (χ1v) is 12.9. The number of ether oxygens (including phenoxy) is 2. The van der Waals surface area contributed by atoms with Crippen LogP contribution in [0.5, 0.6) is 0 Å². The molecule has 0 aromatic heterocycles. The van der Waals surface area contributed by atoms with Crippen LogP contribution in [-0.4, -0.2) is 47.6 Å². The van der Waals surface area contributed by atoms with Crippen molar-refractivity contribution in [3.63, 3.8) is 0 Å². The van der Waals surface area contributed by atoms with Crippen LogP contribution < -0.4 is 10.6 Å². The van der Waals surface area contributed by atoms with E-state index in [0.717, 1.165) is 19.3 Å². The van der Waals surface area contributed by atoms with Crippen LogP contribution in [0, 0.1) is 10.8 Å². The van der Waals surface area contributed by atoms with Crippen molar-refractivity contribution in [2.75, 3.05) is 14.1 Å². The minimum absolute atomic E-state index is 0.00628. The summed E-state index contributed by atoms with van der Waals surface area (Å²) in [5.41, 5.74) is -1.20. The zero-order chi connectivity index (χ0) is 26.9. The van der Waals surface area contributed by atoms with Crippen molar-refractivity contribution in [2.24, 2.45) is 10.8 Å². The maximum atomic E-state index is 6.95. The van der Waals surface area contributed by atoms with Crippen molar-refractivity contribution in [2.45, 2.75) is 164 Å². The normalized spacial score (nSPS) is 15.8. The predicted octanol–water partition coefficient (Wildman–Crippen LogP) is 7.35. The van der Waals surface area contributed by atoms with Crippen LogP contribution in [0.3, 0.4) is 0 Å². The molecule has 0 fully saturated rings.